The molecule has 0 saturated heterocycles. The standard InChI is InChI=1S/C23H16BrClN2O2/c1-27-19-8-3-2-7-18(19)21(28)20(14-9-11-17(25)12-10-14)22(27)26-23(29)15-5-4-6-16(24)13-15/h2-13H,1H3,(H,26,29). The lowest BCUT2D eigenvalue weighted by atomic mass is 10.0. The maximum absolute atomic E-state index is 13.4. The van der Waals surface area contributed by atoms with E-state index in [9.17, 15) is 9.59 Å². The molecule has 4 rings (SSSR count). The van der Waals surface area contributed by atoms with E-state index in [2.05, 4.69) is 21.2 Å². The van der Waals surface area contributed by atoms with Crippen molar-refractivity contribution in [2.45, 2.75) is 0 Å². The minimum Gasteiger partial charge on any atom is -0.330 e. The van der Waals surface area contributed by atoms with E-state index in [-0.39, 0.29) is 11.3 Å². The number of pyridine rings is 1. The maximum Gasteiger partial charge on any atom is 0.256 e. The van der Waals surface area contributed by atoms with Crippen LogP contribution >= 0.6 is 27.5 Å². The average molecular weight is 468 g/mol. The fourth-order valence-corrected chi connectivity index (χ4v) is 3.85. The second-order valence-corrected chi connectivity index (χ2v) is 7.95. The van der Waals surface area contributed by atoms with Crippen molar-refractivity contribution < 1.29 is 4.79 Å². The molecule has 0 atom stereocenters. The molecular formula is C23H16BrClN2O2. The van der Waals surface area contributed by atoms with Gasteiger partial charge in [-0.15, -0.1) is 0 Å². The number of nitrogens with one attached hydrogen (secondary N) is 1. The van der Waals surface area contributed by atoms with Gasteiger partial charge < -0.3 is 9.88 Å². The van der Waals surface area contributed by atoms with Crippen LogP contribution in [0.4, 0.5) is 5.82 Å². The molecule has 0 bridgehead atoms. The molecule has 1 aromatic heterocycles. The molecule has 0 aliphatic heterocycles. The molecule has 0 fully saturated rings. The van der Waals surface area contributed by atoms with Crippen LogP contribution in [-0.2, 0) is 7.05 Å². The number of anilines is 1. The van der Waals surface area contributed by atoms with Crippen molar-refractivity contribution in [2.24, 2.45) is 7.05 Å². The van der Waals surface area contributed by atoms with Gasteiger partial charge in [0.05, 0.1) is 11.1 Å². The van der Waals surface area contributed by atoms with Crippen LogP contribution in [0.3, 0.4) is 0 Å². The molecule has 1 heterocycles. The molecule has 3 aromatic carbocycles. The molecule has 0 radical (unpaired) electrons. The molecule has 0 spiro atoms. The third-order valence-corrected chi connectivity index (χ3v) is 5.51. The zero-order valence-electron chi connectivity index (χ0n) is 15.4. The lowest BCUT2D eigenvalue weighted by molar-refractivity contribution is 0.102. The predicted octanol–water partition coefficient (Wildman–Crippen LogP) is 5.87. The number of nitrogens with zero attached hydrogens (tertiary/aromatic N) is 1. The predicted molar refractivity (Wildman–Crippen MR) is 122 cm³/mol. The van der Waals surface area contributed by atoms with E-state index in [1.165, 1.54) is 0 Å². The Bertz CT molecular complexity index is 1300. The third-order valence-electron chi connectivity index (χ3n) is 4.76. The number of para-hydroxylation sites is 1. The fourth-order valence-electron chi connectivity index (χ4n) is 3.33. The molecule has 1 N–H and O–H groups in total. The van der Waals surface area contributed by atoms with Crippen LogP contribution in [0, 0.1) is 0 Å². The van der Waals surface area contributed by atoms with Crippen LogP contribution in [0.15, 0.2) is 82.1 Å². The van der Waals surface area contributed by atoms with E-state index >= 15 is 0 Å². The Morgan fingerprint density at radius 3 is 2.45 bits per heavy atom. The minimum atomic E-state index is -0.299. The minimum absolute atomic E-state index is 0.148. The fraction of sp³-hybridized carbons (Fsp3) is 0.0435. The Balaban J connectivity index is 1.95. The van der Waals surface area contributed by atoms with Crippen molar-refractivity contribution in [1.29, 1.82) is 0 Å². The van der Waals surface area contributed by atoms with Gasteiger partial charge in [0.2, 0.25) is 0 Å². The number of rotatable bonds is 3. The lowest BCUT2D eigenvalue weighted by Gasteiger charge is -2.18. The Kier molecular flexibility index (Phi) is 5.26. The van der Waals surface area contributed by atoms with E-state index in [1.54, 1.807) is 48.5 Å². The molecular weight excluding hydrogens is 452 g/mol. The summed E-state index contributed by atoms with van der Waals surface area (Å²) in [6.07, 6.45) is 0. The summed E-state index contributed by atoms with van der Waals surface area (Å²) in [6.45, 7) is 0. The highest BCUT2D eigenvalue weighted by molar-refractivity contribution is 9.10. The van der Waals surface area contributed by atoms with Crippen molar-refractivity contribution in [3.63, 3.8) is 0 Å². The van der Waals surface area contributed by atoms with Crippen molar-refractivity contribution >= 4 is 50.2 Å². The SMILES string of the molecule is Cn1c(NC(=O)c2cccc(Br)c2)c(-c2ccc(Cl)cc2)c(=O)c2ccccc21. The van der Waals surface area contributed by atoms with Gasteiger partial charge >= 0.3 is 0 Å². The number of carbonyl (C=O) groups excluding carboxylic acids is 1. The van der Waals surface area contributed by atoms with E-state index in [4.69, 9.17) is 11.6 Å². The number of carbonyl (C=O) groups is 1. The summed E-state index contributed by atoms with van der Waals surface area (Å²) < 4.78 is 2.63. The highest BCUT2D eigenvalue weighted by Gasteiger charge is 2.19. The molecule has 144 valence electrons. The van der Waals surface area contributed by atoms with E-state index < -0.39 is 0 Å². The van der Waals surface area contributed by atoms with Gasteiger partial charge in [0.25, 0.3) is 5.91 Å². The molecule has 4 aromatic rings. The Morgan fingerprint density at radius 2 is 1.72 bits per heavy atom. The van der Waals surface area contributed by atoms with Gasteiger partial charge in [-0.2, -0.15) is 0 Å². The summed E-state index contributed by atoms with van der Waals surface area (Å²) in [5.41, 5.74) is 2.18. The van der Waals surface area contributed by atoms with Crippen molar-refractivity contribution in [2.75, 3.05) is 5.32 Å². The third kappa shape index (κ3) is 3.71. The van der Waals surface area contributed by atoms with Gasteiger partial charge in [-0.25, -0.2) is 0 Å². The highest BCUT2D eigenvalue weighted by atomic mass is 79.9. The van der Waals surface area contributed by atoms with E-state index in [0.717, 1.165) is 9.99 Å². The van der Waals surface area contributed by atoms with Crippen molar-refractivity contribution in [3.05, 3.63) is 98.1 Å². The molecule has 0 aliphatic carbocycles. The average Bonchev–Trinajstić information content (AvgIpc) is 2.73. The zero-order valence-corrected chi connectivity index (χ0v) is 17.8. The Morgan fingerprint density at radius 1 is 1.00 bits per heavy atom. The van der Waals surface area contributed by atoms with Crippen LogP contribution in [0.5, 0.6) is 0 Å². The van der Waals surface area contributed by atoms with Crippen molar-refractivity contribution in [1.82, 2.24) is 4.57 Å². The number of amides is 1. The maximum atomic E-state index is 13.4. The first-order chi connectivity index (χ1) is 14.0. The second kappa shape index (κ2) is 7.85. The van der Waals surface area contributed by atoms with Gasteiger partial charge in [0.1, 0.15) is 5.82 Å². The first kappa shape index (κ1) is 19.4. The molecule has 0 aliphatic rings. The summed E-state index contributed by atoms with van der Waals surface area (Å²) in [5, 5.41) is 4.10. The molecule has 0 unspecified atom stereocenters. The van der Waals surface area contributed by atoms with Crippen molar-refractivity contribution in [3.8, 4) is 11.1 Å². The van der Waals surface area contributed by atoms with Gasteiger partial charge in [-0.05, 0) is 48.0 Å². The number of hydrogen-bond donors (Lipinski definition) is 1. The van der Waals surface area contributed by atoms with Crippen LogP contribution in [-0.4, -0.2) is 10.5 Å². The van der Waals surface area contributed by atoms with Gasteiger partial charge in [-0.1, -0.05) is 57.9 Å². The van der Waals surface area contributed by atoms with Crippen LogP contribution in [0.1, 0.15) is 10.4 Å². The molecule has 6 heteroatoms. The number of fused-ring (bicyclic) bond motifs is 1. The van der Waals surface area contributed by atoms with Gasteiger partial charge in [0.15, 0.2) is 5.43 Å². The van der Waals surface area contributed by atoms with Crippen LogP contribution < -0.4 is 10.7 Å². The summed E-state index contributed by atoms with van der Waals surface area (Å²) in [6, 6.07) is 21.5. The number of aromatic nitrogens is 1. The summed E-state index contributed by atoms with van der Waals surface area (Å²) in [7, 11) is 1.83. The lowest BCUT2D eigenvalue weighted by Crippen LogP contribution is -2.21. The topological polar surface area (TPSA) is 51.1 Å². The first-order valence-electron chi connectivity index (χ1n) is 8.90. The highest BCUT2D eigenvalue weighted by Crippen LogP contribution is 2.29. The quantitative estimate of drug-likeness (QED) is 0.409. The number of benzene rings is 3. The van der Waals surface area contributed by atoms with E-state index in [1.807, 2.05) is 35.9 Å². The van der Waals surface area contributed by atoms with Crippen LogP contribution in [0.2, 0.25) is 5.02 Å². The van der Waals surface area contributed by atoms with E-state index in [0.29, 0.717) is 32.9 Å². The number of halogens is 2. The largest absolute Gasteiger partial charge is 0.330 e. The van der Waals surface area contributed by atoms with Gasteiger partial charge in [-0.3, -0.25) is 9.59 Å². The first-order valence-corrected chi connectivity index (χ1v) is 10.1. The number of aryl methyl sites for hydroxylation is 1. The normalized spacial score (nSPS) is 10.9. The summed E-state index contributed by atoms with van der Waals surface area (Å²) in [5.74, 6) is 0.132. The summed E-state index contributed by atoms with van der Waals surface area (Å²) >= 11 is 9.41. The Hall–Kier alpha value is -2.89. The molecule has 4 nitrogen and oxygen atoms in total. The molecule has 29 heavy (non-hydrogen) atoms. The Labute approximate surface area is 180 Å². The smallest absolute Gasteiger partial charge is 0.256 e. The molecule has 0 saturated carbocycles. The molecule has 1 amide bonds. The second-order valence-electron chi connectivity index (χ2n) is 6.60. The van der Waals surface area contributed by atoms with Gasteiger partial charge in [0, 0.05) is 27.5 Å². The monoisotopic (exact) mass is 466 g/mol. The zero-order chi connectivity index (χ0) is 20.5. The summed E-state index contributed by atoms with van der Waals surface area (Å²) in [4.78, 5) is 26.3. The number of hydrogen-bond acceptors (Lipinski definition) is 2. The van der Waals surface area contributed by atoms with Crippen LogP contribution in [0.25, 0.3) is 22.0 Å².